The molecule has 7 rings (SSSR count). The molecule has 11 heteroatoms. The number of carboxylic acid groups (broad SMARTS) is 1. The van der Waals surface area contributed by atoms with Gasteiger partial charge in [0.25, 0.3) is 0 Å². The van der Waals surface area contributed by atoms with Crippen LogP contribution < -0.4 is 5.32 Å². The van der Waals surface area contributed by atoms with Crippen LogP contribution in [0, 0.1) is 50.2 Å². The summed E-state index contributed by atoms with van der Waals surface area (Å²) in [5, 5.41) is 67.8. The Hall–Kier alpha value is -1.93. The molecule has 1 aliphatic heterocycles. The maximum Gasteiger partial charge on any atom is 0.310 e. The zero-order chi connectivity index (χ0) is 39.8. The van der Waals surface area contributed by atoms with Crippen molar-refractivity contribution in [2.45, 2.75) is 142 Å². The van der Waals surface area contributed by atoms with Gasteiger partial charge in [-0.2, -0.15) is 0 Å². The summed E-state index contributed by atoms with van der Waals surface area (Å²) in [5.74, 6) is -0.621. The number of ether oxygens (including phenoxy) is 3. The van der Waals surface area contributed by atoms with E-state index < -0.39 is 53.6 Å². The largest absolute Gasteiger partial charge is 0.481 e. The van der Waals surface area contributed by atoms with Gasteiger partial charge in [-0.25, -0.2) is 0 Å². The molecule has 1 heterocycles. The highest BCUT2D eigenvalue weighted by atomic mass is 16.7. The molecule has 0 spiro atoms. The number of nitrogens with one attached hydrogen (secondary N) is 1. The summed E-state index contributed by atoms with van der Waals surface area (Å²) < 4.78 is 19.4. The van der Waals surface area contributed by atoms with Gasteiger partial charge in [-0.3, -0.25) is 4.79 Å². The smallest absolute Gasteiger partial charge is 0.310 e. The third kappa shape index (κ3) is 6.38. The van der Waals surface area contributed by atoms with E-state index >= 15 is 0 Å². The molecule has 4 saturated carbocycles. The number of benzene rings is 1. The van der Waals surface area contributed by atoms with Crippen molar-refractivity contribution < 1.29 is 49.6 Å². The summed E-state index contributed by atoms with van der Waals surface area (Å²) >= 11 is 0. The second-order valence-corrected chi connectivity index (χ2v) is 19.9. The van der Waals surface area contributed by atoms with Crippen molar-refractivity contribution in [3.05, 3.63) is 47.0 Å². The summed E-state index contributed by atoms with van der Waals surface area (Å²) in [4.78, 5) is 13.2. The van der Waals surface area contributed by atoms with E-state index in [0.717, 1.165) is 43.4 Å². The number of rotatable bonds is 10. The van der Waals surface area contributed by atoms with Gasteiger partial charge in [-0.05, 0) is 115 Å². The Balaban J connectivity index is 1.26. The maximum atomic E-state index is 13.2. The van der Waals surface area contributed by atoms with Crippen LogP contribution in [0.1, 0.15) is 104 Å². The van der Waals surface area contributed by atoms with E-state index in [0.29, 0.717) is 38.7 Å². The SMILES string of the molecule is CNCc1ccc(CO[C@@H]2C[C@@]3(C)[C@@H](CC[C@]4(C)[C@H]3CC=C3[C@@H]5C[C@](C)(CO)CC[C@@]5(C(=O)O)CC[C@@]34C)[C@](C)(CO)[C@@H]2O[C@H]2OC[C@@H](O)[C@H](O)[C@H]2O)cc1. The first-order valence-corrected chi connectivity index (χ1v) is 20.8. The number of carbonyl (C=O) groups is 1. The Morgan fingerprint density at radius 2 is 1.58 bits per heavy atom. The second kappa shape index (κ2) is 14.7. The minimum Gasteiger partial charge on any atom is -0.481 e. The topological polar surface area (TPSA) is 178 Å². The number of fused-ring (bicyclic) bond motifs is 7. The van der Waals surface area contributed by atoms with E-state index in [2.05, 4.69) is 70.3 Å². The van der Waals surface area contributed by atoms with Crippen molar-refractivity contribution in [2.75, 3.05) is 26.9 Å². The first-order chi connectivity index (χ1) is 25.9. The Bertz CT molecular complexity index is 1600. The van der Waals surface area contributed by atoms with Gasteiger partial charge in [0.2, 0.25) is 0 Å². The maximum absolute atomic E-state index is 13.2. The van der Waals surface area contributed by atoms with Gasteiger partial charge in [0.05, 0.1) is 37.4 Å². The molecule has 0 bridgehead atoms. The van der Waals surface area contributed by atoms with Crippen LogP contribution in [0.3, 0.4) is 0 Å². The molecule has 1 aromatic rings. The number of hydrogen-bond acceptors (Lipinski definition) is 10. The highest BCUT2D eigenvalue weighted by Crippen LogP contribution is 2.76. The minimum absolute atomic E-state index is 0.0117. The van der Waals surface area contributed by atoms with Crippen LogP contribution in [-0.2, 0) is 32.2 Å². The van der Waals surface area contributed by atoms with E-state index in [1.807, 2.05) is 7.05 Å². The summed E-state index contributed by atoms with van der Waals surface area (Å²) in [5.41, 5.74) is 0.779. The van der Waals surface area contributed by atoms with E-state index in [1.165, 1.54) is 5.57 Å². The third-order valence-electron chi connectivity index (χ3n) is 16.9. The van der Waals surface area contributed by atoms with Crippen LogP contribution in [-0.4, -0.2) is 100 Å². The van der Waals surface area contributed by atoms with Crippen molar-refractivity contribution in [3.8, 4) is 0 Å². The molecule has 11 nitrogen and oxygen atoms in total. The minimum atomic E-state index is -1.48. The molecule has 5 fully saturated rings. The average molecular weight is 770 g/mol. The predicted octanol–water partition coefficient (Wildman–Crippen LogP) is 4.56. The van der Waals surface area contributed by atoms with Crippen molar-refractivity contribution >= 4 is 5.97 Å². The standard InChI is InChI=1S/C44H67NO10/c1-39(24-46)15-17-44(38(51)52)18-16-42(4)28(29(44)19-39)11-12-33-40(2)20-31(53-22-27-9-7-26(8-10-27)21-45-6)36(55-37-35(50)34(49)30(48)23-54-37)41(3,25-47)32(40)13-14-43(33,42)5/h7-11,29-37,45-50H,12-25H2,1-6H3,(H,51,52)/t29-,30+,31+,32+,33-,34-,35+,36+,37+,39+,40-,41-,42-,43+,44+/m0/s1. The fourth-order valence-corrected chi connectivity index (χ4v) is 13.4. The molecule has 6 aliphatic rings. The molecule has 15 atom stereocenters. The van der Waals surface area contributed by atoms with Gasteiger partial charge in [-0.15, -0.1) is 0 Å². The lowest BCUT2D eigenvalue weighted by molar-refractivity contribution is -0.332. The van der Waals surface area contributed by atoms with Crippen LogP contribution in [0.25, 0.3) is 0 Å². The lowest BCUT2D eigenvalue weighted by Gasteiger charge is -2.72. The lowest BCUT2D eigenvalue weighted by atomic mass is 9.33. The van der Waals surface area contributed by atoms with Crippen LogP contribution in [0.2, 0.25) is 0 Å². The fraction of sp³-hybridized carbons (Fsp3) is 0.795. The molecule has 1 saturated heterocycles. The molecule has 308 valence electrons. The highest BCUT2D eigenvalue weighted by molar-refractivity contribution is 5.76. The van der Waals surface area contributed by atoms with Crippen molar-refractivity contribution in [1.82, 2.24) is 5.32 Å². The zero-order valence-electron chi connectivity index (χ0n) is 33.8. The van der Waals surface area contributed by atoms with E-state index in [4.69, 9.17) is 14.2 Å². The molecule has 1 aromatic carbocycles. The Morgan fingerprint density at radius 3 is 2.24 bits per heavy atom. The van der Waals surface area contributed by atoms with Gasteiger partial charge < -0.3 is 50.2 Å². The van der Waals surface area contributed by atoms with Crippen LogP contribution in [0.4, 0.5) is 0 Å². The summed E-state index contributed by atoms with van der Waals surface area (Å²) in [7, 11) is 1.92. The lowest BCUT2D eigenvalue weighted by Crippen LogP contribution is -2.69. The van der Waals surface area contributed by atoms with Crippen molar-refractivity contribution in [3.63, 3.8) is 0 Å². The summed E-state index contributed by atoms with van der Waals surface area (Å²) in [6.45, 7) is 12.1. The van der Waals surface area contributed by atoms with Gasteiger partial charge >= 0.3 is 5.97 Å². The normalized spacial score (nSPS) is 48.1. The number of hydrogen-bond donors (Lipinski definition) is 7. The molecule has 7 N–H and O–H groups in total. The van der Waals surface area contributed by atoms with Gasteiger partial charge in [0.1, 0.15) is 18.3 Å². The molecule has 0 radical (unpaired) electrons. The monoisotopic (exact) mass is 769 g/mol. The molecule has 0 aromatic heterocycles. The first kappa shape index (κ1) is 41.2. The zero-order valence-corrected chi connectivity index (χ0v) is 33.8. The quantitative estimate of drug-likeness (QED) is 0.131. The van der Waals surface area contributed by atoms with Gasteiger partial charge in [0.15, 0.2) is 6.29 Å². The fourth-order valence-electron chi connectivity index (χ4n) is 13.4. The van der Waals surface area contributed by atoms with E-state index in [1.54, 1.807) is 0 Å². The Kier molecular flexibility index (Phi) is 11.0. The van der Waals surface area contributed by atoms with Gasteiger partial charge in [-0.1, -0.05) is 70.5 Å². The van der Waals surface area contributed by atoms with Crippen LogP contribution >= 0.6 is 0 Å². The van der Waals surface area contributed by atoms with Crippen LogP contribution in [0.5, 0.6) is 0 Å². The molecule has 5 aliphatic carbocycles. The van der Waals surface area contributed by atoms with E-state index in [-0.39, 0.29) is 59.2 Å². The number of allylic oxidation sites excluding steroid dienone is 2. The molecular formula is C44H67NO10. The molecule has 0 unspecified atom stereocenters. The number of carboxylic acids is 1. The Morgan fingerprint density at radius 1 is 0.891 bits per heavy atom. The van der Waals surface area contributed by atoms with Gasteiger partial charge in [0, 0.05) is 18.6 Å². The predicted molar refractivity (Wildman–Crippen MR) is 205 cm³/mol. The number of aliphatic carboxylic acids is 1. The van der Waals surface area contributed by atoms with E-state index in [9.17, 15) is 35.4 Å². The average Bonchev–Trinajstić information content (AvgIpc) is 3.16. The number of aliphatic hydroxyl groups is 5. The summed E-state index contributed by atoms with van der Waals surface area (Å²) in [6.07, 6.45) is 2.36. The van der Waals surface area contributed by atoms with Crippen molar-refractivity contribution in [1.29, 1.82) is 0 Å². The molecule has 0 amide bonds. The first-order valence-electron chi connectivity index (χ1n) is 20.8. The third-order valence-corrected chi connectivity index (χ3v) is 16.9. The van der Waals surface area contributed by atoms with Crippen LogP contribution in [0.15, 0.2) is 35.9 Å². The second-order valence-electron chi connectivity index (χ2n) is 19.9. The molecule has 55 heavy (non-hydrogen) atoms. The summed E-state index contributed by atoms with van der Waals surface area (Å²) in [6, 6.07) is 8.28. The van der Waals surface area contributed by atoms with Crippen molar-refractivity contribution in [2.24, 2.45) is 50.2 Å². The highest BCUT2D eigenvalue weighted by Gasteiger charge is 2.71. The Labute approximate surface area is 326 Å². The molecular weight excluding hydrogens is 702 g/mol. The number of aliphatic hydroxyl groups excluding tert-OH is 5.